The Hall–Kier alpha value is -2.50. The molecule has 0 aliphatic rings. The van der Waals surface area contributed by atoms with E-state index in [1.54, 1.807) is 26.2 Å². The maximum atomic E-state index is 12.8. The number of methoxy groups -OCH3 is 1. The normalized spacial score (nSPS) is 11.5. The van der Waals surface area contributed by atoms with Crippen LogP contribution in [-0.4, -0.2) is 13.0 Å². The van der Waals surface area contributed by atoms with Gasteiger partial charge in [0.25, 0.3) is 5.91 Å². The summed E-state index contributed by atoms with van der Waals surface area (Å²) in [5.41, 5.74) is 1.25. The van der Waals surface area contributed by atoms with Crippen molar-refractivity contribution in [2.75, 3.05) is 12.4 Å². The second-order valence-corrected chi connectivity index (χ2v) is 6.10. The summed E-state index contributed by atoms with van der Waals surface area (Å²) in [4.78, 5) is 12.5. The van der Waals surface area contributed by atoms with Gasteiger partial charge < -0.3 is 10.1 Å². The molecule has 2 aromatic rings. The summed E-state index contributed by atoms with van der Waals surface area (Å²) < 4.78 is 43.7. The number of alkyl halides is 3. The van der Waals surface area contributed by atoms with Gasteiger partial charge in [0.05, 0.1) is 12.7 Å². The minimum Gasteiger partial charge on any atom is -0.496 e. The van der Waals surface area contributed by atoms with E-state index in [2.05, 4.69) is 5.32 Å². The van der Waals surface area contributed by atoms with Crippen LogP contribution in [0.3, 0.4) is 0 Å². The highest BCUT2D eigenvalue weighted by atomic mass is 19.4. The van der Waals surface area contributed by atoms with Gasteiger partial charge in [0.15, 0.2) is 0 Å². The number of hydrogen-bond donors (Lipinski definition) is 1. The Morgan fingerprint density at radius 1 is 1.16 bits per heavy atom. The van der Waals surface area contributed by atoms with Gasteiger partial charge in [-0.2, -0.15) is 13.2 Å². The molecule has 6 heteroatoms. The van der Waals surface area contributed by atoms with Crippen molar-refractivity contribution in [1.82, 2.24) is 0 Å². The molecule has 2 aromatic carbocycles. The lowest BCUT2D eigenvalue weighted by atomic mass is 9.96. The van der Waals surface area contributed by atoms with Crippen molar-refractivity contribution in [3.8, 4) is 5.75 Å². The maximum Gasteiger partial charge on any atom is 0.416 e. The maximum absolute atomic E-state index is 12.8. The molecule has 0 saturated carbocycles. The standard InChI is InChI=1S/C19H20F3NO2/c1-11(2)15-10-16(12(3)8-17(15)25-4)18(24)23-14-7-5-6-13(9-14)19(20,21)22/h5-11H,1-4H3,(H,23,24). The highest BCUT2D eigenvalue weighted by Gasteiger charge is 2.30. The molecule has 0 aromatic heterocycles. The molecule has 0 radical (unpaired) electrons. The first kappa shape index (κ1) is 18.8. The van der Waals surface area contributed by atoms with Crippen molar-refractivity contribution in [3.05, 3.63) is 58.7 Å². The summed E-state index contributed by atoms with van der Waals surface area (Å²) in [6, 6.07) is 8.05. The van der Waals surface area contributed by atoms with E-state index in [1.165, 1.54) is 12.1 Å². The monoisotopic (exact) mass is 351 g/mol. The van der Waals surface area contributed by atoms with Gasteiger partial charge in [-0.25, -0.2) is 0 Å². The Kier molecular flexibility index (Phi) is 5.40. The molecule has 1 N–H and O–H groups in total. The number of halogens is 3. The third-order valence-corrected chi connectivity index (χ3v) is 3.89. The van der Waals surface area contributed by atoms with Gasteiger partial charge in [0, 0.05) is 11.3 Å². The van der Waals surface area contributed by atoms with Crippen LogP contribution in [0.15, 0.2) is 36.4 Å². The van der Waals surface area contributed by atoms with E-state index >= 15 is 0 Å². The lowest BCUT2D eigenvalue weighted by molar-refractivity contribution is -0.137. The van der Waals surface area contributed by atoms with Crippen molar-refractivity contribution in [2.45, 2.75) is 32.9 Å². The highest BCUT2D eigenvalue weighted by Crippen LogP contribution is 2.32. The van der Waals surface area contributed by atoms with E-state index < -0.39 is 17.6 Å². The van der Waals surface area contributed by atoms with E-state index in [4.69, 9.17) is 4.74 Å². The average Bonchev–Trinajstić information content (AvgIpc) is 2.53. The molecule has 3 nitrogen and oxygen atoms in total. The molecule has 1 amide bonds. The Morgan fingerprint density at radius 3 is 2.40 bits per heavy atom. The van der Waals surface area contributed by atoms with Crippen LogP contribution in [0.1, 0.15) is 46.8 Å². The Morgan fingerprint density at radius 2 is 1.84 bits per heavy atom. The SMILES string of the molecule is COc1cc(C)c(C(=O)Nc2cccc(C(F)(F)F)c2)cc1C(C)C. The van der Waals surface area contributed by atoms with Crippen LogP contribution < -0.4 is 10.1 Å². The van der Waals surface area contributed by atoms with E-state index in [1.807, 2.05) is 13.8 Å². The summed E-state index contributed by atoms with van der Waals surface area (Å²) in [5, 5.41) is 2.54. The quantitative estimate of drug-likeness (QED) is 0.801. The van der Waals surface area contributed by atoms with Crippen LogP contribution in [0.5, 0.6) is 5.75 Å². The van der Waals surface area contributed by atoms with Crippen LogP contribution in [0, 0.1) is 6.92 Å². The third kappa shape index (κ3) is 4.32. The number of amides is 1. The van der Waals surface area contributed by atoms with Gasteiger partial charge in [-0.15, -0.1) is 0 Å². The number of carbonyl (C=O) groups is 1. The van der Waals surface area contributed by atoms with Crippen molar-refractivity contribution in [3.63, 3.8) is 0 Å². The van der Waals surface area contributed by atoms with Crippen LogP contribution in [0.2, 0.25) is 0 Å². The summed E-state index contributed by atoms with van der Waals surface area (Å²) in [5.74, 6) is 0.361. The summed E-state index contributed by atoms with van der Waals surface area (Å²) >= 11 is 0. The van der Waals surface area contributed by atoms with Crippen molar-refractivity contribution in [2.24, 2.45) is 0 Å². The van der Waals surface area contributed by atoms with E-state index in [9.17, 15) is 18.0 Å². The van der Waals surface area contributed by atoms with E-state index in [0.29, 0.717) is 16.9 Å². The molecule has 0 unspecified atom stereocenters. The zero-order valence-corrected chi connectivity index (χ0v) is 14.5. The van der Waals surface area contributed by atoms with Crippen molar-refractivity contribution >= 4 is 11.6 Å². The molecule has 0 saturated heterocycles. The first-order chi connectivity index (χ1) is 11.6. The fraction of sp³-hybridized carbons (Fsp3) is 0.316. The number of hydrogen-bond acceptors (Lipinski definition) is 2. The first-order valence-electron chi connectivity index (χ1n) is 7.80. The Bertz CT molecular complexity index is 783. The molecule has 0 aliphatic carbocycles. The molecular formula is C19H20F3NO2. The number of ether oxygens (including phenoxy) is 1. The topological polar surface area (TPSA) is 38.3 Å². The van der Waals surface area contributed by atoms with E-state index in [0.717, 1.165) is 17.7 Å². The molecule has 0 aliphatic heterocycles. The number of nitrogens with one attached hydrogen (secondary N) is 1. The van der Waals surface area contributed by atoms with Gasteiger partial charge >= 0.3 is 6.18 Å². The molecule has 0 bridgehead atoms. The first-order valence-corrected chi connectivity index (χ1v) is 7.80. The van der Waals surface area contributed by atoms with Crippen molar-refractivity contribution in [1.29, 1.82) is 0 Å². The largest absolute Gasteiger partial charge is 0.496 e. The number of anilines is 1. The van der Waals surface area contributed by atoms with Crippen LogP contribution in [0.25, 0.3) is 0 Å². The Labute approximate surface area is 144 Å². The smallest absolute Gasteiger partial charge is 0.416 e. The molecule has 0 fully saturated rings. The van der Waals surface area contributed by atoms with Crippen LogP contribution in [0.4, 0.5) is 18.9 Å². The predicted octanol–water partition coefficient (Wildman–Crippen LogP) is 5.40. The fourth-order valence-electron chi connectivity index (χ4n) is 2.54. The van der Waals surface area contributed by atoms with Gasteiger partial charge in [-0.3, -0.25) is 4.79 Å². The molecular weight excluding hydrogens is 331 g/mol. The predicted molar refractivity (Wildman–Crippen MR) is 91.2 cm³/mol. The van der Waals surface area contributed by atoms with Crippen LogP contribution >= 0.6 is 0 Å². The van der Waals surface area contributed by atoms with E-state index in [-0.39, 0.29) is 11.6 Å². The number of benzene rings is 2. The molecule has 0 spiro atoms. The van der Waals surface area contributed by atoms with Gasteiger partial charge in [0.2, 0.25) is 0 Å². The third-order valence-electron chi connectivity index (χ3n) is 3.89. The molecule has 25 heavy (non-hydrogen) atoms. The van der Waals surface area contributed by atoms with Crippen LogP contribution in [-0.2, 0) is 6.18 Å². The molecule has 2 rings (SSSR count). The molecule has 0 heterocycles. The summed E-state index contributed by atoms with van der Waals surface area (Å²) in [6.45, 7) is 5.71. The molecule has 0 atom stereocenters. The zero-order chi connectivity index (χ0) is 18.8. The number of rotatable bonds is 4. The highest BCUT2D eigenvalue weighted by molar-refractivity contribution is 6.05. The average molecular weight is 351 g/mol. The summed E-state index contributed by atoms with van der Waals surface area (Å²) in [7, 11) is 1.56. The lowest BCUT2D eigenvalue weighted by Gasteiger charge is -2.16. The van der Waals surface area contributed by atoms with Gasteiger partial charge in [-0.05, 0) is 54.3 Å². The second kappa shape index (κ2) is 7.17. The summed E-state index contributed by atoms with van der Waals surface area (Å²) in [6.07, 6.45) is -4.46. The number of aryl methyl sites for hydroxylation is 1. The van der Waals surface area contributed by atoms with Gasteiger partial charge in [-0.1, -0.05) is 19.9 Å². The number of carbonyl (C=O) groups excluding carboxylic acids is 1. The second-order valence-electron chi connectivity index (χ2n) is 6.10. The zero-order valence-electron chi connectivity index (χ0n) is 14.5. The minimum atomic E-state index is -4.46. The fourth-order valence-corrected chi connectivity index (χ4v) is 2.54. The van der Waals surface area contributed by atoms with Gasteiger partial charge in [0.1, 0.15) is 5.75 Å². The minimum absolute atomic E-state index is 0.0983. The van der Waals surface area contributed by atoms with Crippen molar-refractivity contribution < 1.29 is 22.7 Å². The molecule has 134 valence electrons. The lowest BCUT2D eigenvalue weighted by Crippen LogP contribution is -2.15. The Balaban J connectivity index is 2.34.